The van der Waals surface area contributed by atoms with E-state index in [1.807, 2.05) is 45.0 Å². The van der Waals surface area contributed by atoms with Crippen molar-refractivity contribution in [2.75, 3.05) is 5.32 Å². The first-order valence-electron chi connectivity index (χ1n) is 8.15. The summed E-state index contributed by atoms with van der Waals surface area (Å²) < 4.78 is 0. The minimum Gasteiger partial charge on any atom is -0.321 e. The van der Waals surface area contributed by atoms with Crippen molar-refractivity contribution in [3.05, 3.63) is 58.9 Å². The van der Waals surface area contributed by atoms with E-state index < -0.39 is 0 Å². The highest BCUT2D eigenvalue weighted by molar-refractivity contribution is 6.07. The van der Waals surface area contributed by atoms with Gasteiger partial charge in [-0.2, -0.15) is 5.10 Å². The molecule has 25 heavy (non-hydrogen) atoms. The Morgan fingerprint density at radius 3 is 2.68 bits per heavy atom. The zero-order valence-electron chi connectivity index (χ0n) is 14.5. The molecule has 0 saturated heterocycles. The molecule has 128 valence electrons. The predicted molar refractivity (Wildman–Crippen MR) is 96.6 cm³/mol. The van der Waals surface area contributed by atoms with Gasteiger partial charge in [-0.25, -0.2) is 5.43 Å². The lowest BCUT2D eigenvalue weighted by Gasteiger charge is -2.20. The molecule has 0 saturated carbocycles. The molecule has 1 aliphatic rings. The van der Waals surface area contributed by atoms with E-state index in [-0.39, 0.29) is 17.7 Å². The second kappa shape index (κ2) is 6.84. The van der Waals surface area contributed by atoms with E-state index in [0.717, 1.165) is 22.4 Å². The third-order valence-electron chi connectivity index (χ3n) is 4.16. The van der Waals surface area contributed by atoms with Crippen molar-refractivity contribution in [3.63, 3.8) is 0 Å². The summed E-state index contributed by atoms with van der Waals surface area (Å²) >= 11 is 0. The second-order valence-corrected chi connectivity index (χ2v) is 6.34. The molecule has 2 aromatic rings. The van der Waals surface area contributed by atoms with Gasteiger partial charge in [0.25, 0.3) is 5.91 Å². The number of aromatic nitrogens is 1. The number of hydrogen-bond acceptors (Lipinski definition) is 4. The highest BCUT2D eigenvalue weighted by Gasteiger charge is 2.22. The fourth-order valence-corrected chi connectivity index (χ4v) is 2.80. The summed E-state index contributed by atoms with van der Waals surface area (Å²) in [5, 5.41) is 7.04. The normalized spacial score (nSPS) is 16.8. The van der Waals surface area contributed by atoms with Crippen LogP contribution in [-0.2, 0) is 4.79 Å². The Bertz CT molecular complexity index is 856. The number of pyridine rings is 1. The highest BCUT2D eigenvalue weighted by Crippen LogP contribution is 2.22. The number of nitrogens with one attached hydrogen (secondary N) is 2. The minimum atomic E-state index is -0.247. The van der Waals surface area contributed by atoms with Crippen LogP contribution in [0.3, 0.4) is 0 Å². The molecular formula is C19H20N4O2. The fraction of sp³-hybridized carbons (Fsp3) is 0.263. The fourth-order valence-electron chi connectivity index (χ4n) is 2.80. The summed E-state index contributed by atoms with van der Waals surface area (Å²) in [7, 11) is 0. The lowest BCUT2D eigenvalue weighted by atomic mass is 9.91. The van der Waals surface area contributed by atoms with Gasteiger partial charge in [0, 0.05) is 29.8 Å². The van der Waals surface area contributed by atoms with Crippen molar-refractivity contribution in [2.45, 2.75) is 27.2 Å². The van der Waals surface area contributed by atoms with Gasteiger partial charge in [0.05, 0.1) is 5.71 Å². The van der Waals surface area contributed by atoms with Crippen LogP contribution in [0.1, 0.15) is 40.5 Å². The number of hydrogen-bond donors (Lipinski definition) is 2. The molecule has 1 unspecified atom stereocenters. The molecular weight excluding hydrogens is 316 g/mol. The van der Waals surface area contributed by atoms with E-state index in [4.69, 9.17) is 0 Å². The maximum Gasteiger partial charge on any atom is 0.274 e. The lowest BCUT2D eigenvalue weighted by molar-refractivity contribution is -0.121. The number of benzene rings is 1. The Labute approximate surface area is 146 Å². The van der Waals surface area contributed by atoms with Crippen LogP contribution >= 0.6 is 0 Å². The number of carbonyl (C=O) groups excluding carboxylic acids is 2. The van der Waals surface area contributed by atoms with Gasteiger partial charge < -0.3 is 5.32 Å². The monoisotopic (exact) mass is 336 g/mol. The lowest BCUT2D eigenvalue weighted by Crippen LogP contribution is -2.32. The molecule has 6 heteroatoms. The van der Waals surface area contributed by atoms with Gasteiger partial charge in [-0.3, -0.25) is 14.6 Å². The maximum absolute atomic E-state index is 12.3. The Morgan fingerprint density at radius 2 is 2.04 bits per heavy atom. The molecule has 2 amide bonds. The van der Waals surface area contributed by atoms with Crippen molar-refractivity contribution >= 4 is 23.2 Å². The van der Waals surface area contributed by atoms with Gasteiger partial charge in [-0.1, -0.05) is 19.1 Å². The van der Waals surface area contributed by atoms with Gasteiger partial charge in [-0.05, 0) is 43.2 Å². The molecule has 1 aromatic heterocycles. The Kier molecular flexibility index (Phi) is 4.61. The summed E-state index contributed by atoms with van der Waals surface area (Å²) in [6, 6.07) is 9.20. The molecule has 6 nitrogen and oxygen atoms in total. The third-order valence-corrected chi connectivity index (χ3v) is 4.16. The molecule has 1 aromatic carbocycles. The Hall–Kier alpha value is -3.02. The summed E-state index contributed by atoms with van der Waals surface area (Å²) in [4.78, 5) is 27.8. The molecule has 0 radical (unpaired) electrons. The van der Waals surface area contributed by atoms with E-state index in [1.54, 1.807) is 12.3 Å². The second-order valence-electron chi connectivity index (χ2n) is 6.34. The number of aryl methyl sites for hydroxylation is 2. The average Bonchev–Trinajstić information content (AvgIpc) is 2.56. The van der Waals surface area contributed by atoms with Crippen LogP contribution in [0.4, 0.5) is 5.69 Å². The van der Waals surface area contributed by atoms with E-state index >= 15 is 0 Å². The number of anilines is 1. The van der Waals surface area contributed by atoms with Crippen LogP contribution in [0.2, 0.25) is 0 Å². The molecule has 2 N–H and O–H groups in total. The number of amides is 2. The molecule has 0 fully saturated rings. The number of hydrazone groups is 1. The number of rotatable bonds is 3. The van der Waals surface area contributed by atoms with Gasteiger partial charge in [0.2, 0.25) is 5.91 Å². The summed E-state index contributed by atoms with van der Waals surface area (Å²) in [5.41, 5.74) is 7.42. The maximum atomic E-state index is 12.3. The SMILES string of the molecule is Cc1ccc(C(=O)Nc2ccc(C3=NNC(=O)CC3C)c(C)c2)nc1. The molecule has 0 spiro atoms. The predicted octanol–water partition coefficient (Wildman–Crippen LogP) is 2.81. The van der Waals surface area contributed by atoms with Crippen molar-refractivity contribution in [1.82, 2.24) is 10.4 Å². The zero-order chi connectivity index (χ0) is 18.0. The summed E-state index contributed by atoms with van der Waals surface area (Å²) in [5.74, 6) is -0.254. The number of carbonyl (C=O) groups is 2. The standard InChI is InChI=1S/C19H20N4O2/c1-11-4-7-16(20-10-11)19(25)21-14-5-6-15(12(2)8-14)18-13(3)9-17(24)22-23-18/h4-8,10,13H,9H2,1-3H3,(H,21,25)(H,22,24). The molecule has 3 rings (SSSR count). The topological polar surface area (TPSA) is 83.5 Å². The smallest absolute Gasteiger partial charge is 0.274 e. The van der Waals surface area contributed by atoms with E-state index in [1.165, 1.54) is 0 Å². The quantitative estimate of drug-likeness (QED) is 0.904. The van der Waals surface area contributed by atoms with Crippen molar-refractivity contribution in [2.24, 2.45) is 11.0 Å². The molecule has 1 atom stereocenters. The number of nitrogens with zero attached hydrogens (tertiary/aromatic N) is 2. The zero-order valence-corrected chi connectivity index (χ0v) is 14.5. The van der Waals surface area contributed by atoms with Crippen LogP contribution in [0.5, 0.6) is 0 Å². The minimum absolute atomic E-state index is 0.0599. The van der Waals surface area contributed by atoms with E-state index in [9.17, 15) is 9.59 Å². The van der Waals surface area contributed by atoms with Gasteiger partial charge in [-0.15, -0.1) is 0 Å². The van der Waals surface area contributed by atoms with Crippen LogP contribution in [0.15, 0.2) is 41.6 Å². The van der Waals surface area contributed by atoms with Gasteiger partial charge >= 0.3 is 0 Å². The average molecular weight is 336 g/mol. The van der Waals surface area contributed by atoms with Crippen LogP contribution in [0.25, 0.3) is 0 Å². The molecule has 0 aliphatic carbocycles. The Morgan fingerprint density at radius 1 is 1.24 bits per heavy atom. The van der Waals surface area contributed by atoms with E-state index in [2.05, 4.69) is 20.8 Å². The van der Waals surface area contributed by atoms with Crippen molar-refractivity contribution in [1.29, 1.82) is 0 Å². The van der Waals surface area contributed by atoms with Crippen LogP contribution in [0, 0.1) is 19.8 Å². The Balaban J connectivity index is 1.79. The highest BCUT2D eigenvalue weighted by atomic mass is 16.2. The van der Waals surface area contributed by atoms with Crippen molar-refractivity contribution < 1.29 is 9.59 Å². The molecule has 2 heterocycles. The molecule has 1 aliphatic heterocycles. The molecule has 0 bridgehead atoms. The largest absolute Gasteiger partial charge is 0.321 e. The van der Waals surface area contributed by atoms with Gasteiger partial charge in [0.15, 0.2) is 0 Å². The third kappa shape index (κ3) is 3.74. The van der Waals surface area contributed by atoms with Crippen molar-refractivity contribution in [3.8, 4) is 0 Å². The first-order valence-corrected chi connectivity index (χ1v) is 8.15. The van der Waals surface area contributed by atoms with Gasteiger partial charge in [0.1, 0.15) is 5.69 Å². The van der Waals surface area contributed by atoms with Crippen LogP contribution < -0.4 is 10.7 Å². The van der Waals surface area contributed by atoms with E-state index in [0.29, 0.717) is 17.8 Å². The van der Waals surface area contributed by atoms with Crippen LogP contribution in [-0.4, -0.2) is 22.5 Å². The first-order chi connectivity index (χ1) is 11.9. The first kappa shape index (κ1) is 16.8. The summed E-state index contributed by atoms with van der Waals surface area (Å²) in [6.45, 7) is 5.87. The summed E-state index contributed by atoms with van der Waals surface area (Å²) in [6.07, 6.45) is 2.09.